The van der Waals surface area contributed by atoms with Crippen molar-refractivity contribution >= 4 is 11.8 Å². The highest BCUT2D eigenvalue weighted by atomic mass is 16.8. The van der Waals surface area contributed by atoms with Crippen LogP contribution < -0.4 is 10.6 Å². The highest BCUT2D eigenvalue weighted by molar-refractivity contribution is 5.76. The molecule has 2 amide bonds. The van der Waals surface area contributed by atoms with Crippen molar-refractivity contribution < 1.29 is 139 Å². The third kappa shape index (κ3) is 29.2. The van der Waals surface area contributed by atoms with Crippen molar-refractivity contribution in [1.29, 1.82) is 0 Å². The summed E-state index contributed by atoms with van der Waals surface area (Å²) in [6.45, 7) is 0.398. The topological polar surface area (TPSA) is 474 Å². The van der Waals surface area contributed by atoms with Gasteiger partial charge in [0.25, 0.3) is 0 Å². The molecule has 5 heterocycles. The van der Waals surface area contributed by atoms with Crippen LogP contribution in [0.4, 0.5) is 0 Å². The van der Waals surface area contributed by atoms with Gasteiger partial charge in [-0.25, -0.2) is 0 Å². The summed E-state index contributed by atoms with van der Waals surface area (Å²) >= 11 is 0. The van der Waals surface area contributed by atoms with E-state index in [2.05, 4.69) is 24.5 Å². The summed E-state index contributed by atoms with van der Waals surface area (Å²) in [5.41, 5.74) is 0. The van der Waals surface area contributed by atoms with Crippen LogP contribution in [0.1, 0.15) is 226 Å². The highest BCUT2D eigenvalue weighted by Gasteiger charge is 2.57. The Morgan fingerprint density at radius 2 is 0.725 bits per heavy atom. The number of rotatable bonds is 52. The number of amides is 2. The summed E-state index contributed by atoms with van der Waals surface area (Å²) in [7, 11) is 0. The molecule has 0 bridgehead atoms. The Morgan fingerprint density at radius 1 is 0.382 bits per heavy atom. The number of hydrogen-bond donors (Lipinski definition) is 18. The summed E-state index contributed by atoms with van der Waals surface area (Å²) in [4.78, 5) is 26.2. The maximum absolute atomic E-state index is 13.5. The molecule has 102 heavy (non-hydrogen) atoms. The minimum Gasteiger partial charge on any atom is -0.394 e. The molecule has 5 rings (SSSR count). The Kier molecular flexibility index (Phi) is 44.6. The second-order valence-corrected chi connectivity index (χ2v) is 28.5. The molecule has 30 heteroatoms. The first-order valence-electron chi connectivity index (χ1n) is 38.5. The molecular formula is C72H132N2O28. The lowest BCUT2D eigenvalue weighted by atomic mass is 9.94. The molecule has 0 radical (unpaired) electrons. The zero-order valence-electron chi connectivity index (χ0n) is 60.7. The quantitative estimate of drug-likeness (QED) is 0.0300. The second kappa shape index (κ2) is 50.4. The fourth-order valence-electron chi connectivity index (χ4n) is 13.9. The Morgan fingerprint density at radius 3 is 1.16 bits per heavy atom. The Bertz CT molecular complexity index is 2220. The van der Waals surface area contributed by atoms with Crippen molar-refractivity contribution in [3.63, 3.8) is 0 Å². The molecule has 0 spiro atoms. The van der Waals surface area contributed by atoms with Crippen LogP contribution >= 0.6 is 0 Å². The zero-order valence-corrected chi connectivity index (χ0v) is 60.7. The van der Waals surface area contributed by atoms with Gasteiger partial charge in [-0.3, -0.25) is 9.59 Å². The lowest BCUT2D eigenvalue weighted by molar-refractivity contribution is -0.386. The van der Waals surface area contributed by atoms with Crippen molar-refractivity contribution in [3.05, 3.63) is 12.2 Å². The standard InChI is InChI=1S/C72H132N2O28/c1-4-6-8-10-12-14-16-18-19-20-21-22-23-25-27-29-31-33-35-37-52(82)74-45(46(81)36-34-32-30-28-26-24-17-15-13-11-9-7-5-2)43-93-69-61(90)58(87)65(50(41-78)97-69)101-72-63(92)67(55(84)48(39-76)95-72)102-68-53(73-44(3)80)56(85)64(49(40-77)96-68)99-71-62(91)59(88)66(51(42-79)98-71)100-70-60(89)57(86)54(83)47(38-75)94-70/h34,36,45-51,53-72,75-79,81,83-92H,4-33,35,37-43H2,1-3H3,(H,73,80)(H,74,82)/b36-34+/t45-,46+,47?,48?,49?,50?,51?,53?,54-,55-,56+,57-,58+,59+,60?,61?,62?,63?,64+,65+,66-,67-,68-,69+,70-,71-,72-/m0/s1. The molecule has 5 aliphatic rings. The van der Waals surface area contributed by atoms with Crippen LogP contribution in [0.2, 0.25) is 0 Å². The molecule has 5 saturated heterocycles. The lowest BCUT2D eigenvalue weighted by Crippen LogP contribution is -2.70. The number of allylic oxidation sites excluding steroid dienone is 1. The van der Waals surface area contributed by atoms with E-state index in [1.807, 2.05) is 6.08 Å². The summed E-state index contributed by atoms with van der Waals surface area (Å²) in [5, 5.41) is 181. The molecule has 0 aromatic carbocycles. The molecule has 0 saturated carbocycles. The van der Waals surface area contributed by atoms with E-state index in [1.54, 1.807) is 6.08 Å². The first-order valence-corrected chi connectivity index (χ1v) is 38.5. The van der Waals surface area contributed by atoms with Gasteiger partial charge in [0.1, 0.15) is 122 Å². The Hall–Kier alpha value is -2.36. The first-order chi connectivity index (χ1) is 49.2. The zero-order chi connectivity index (χ0) is 74.5. The minimum atomic E-state index is -2.14. The number of unbranched alkanes of at least 4 members (excludes halogenated alkanes) is 29. The molecule has 18 N–H and O–H groups in total. The molecule has 0 aromatic rings. The normalized spacial score (nSPS) is 35.2. The van der Waals surface area contributed by atoms with E-state index in [9.17, 15) is 91.3 Å². The maximum Gasteiger partial charge on any atom is 0.220 e. The van der Waals surface area contributed by atoms with E-state index in [0.29, 0.717) is 12.8 Å². The SMILES string of the molecule is CCCCCCCCCCCCC/C=C/[C@@H](O)[C@H](CO[C@@H]1OC(CO)[C@@H](O[C@@H]2OC(CO)[C@H](O)[C@H](O[C@@H]3OC(CO)[C@@H](O[C@@H]4OC(CO)[C@H](O[C@@H]5OC(CO)[C@H](O)[C@H](O)C5O)[C@H](O)C4O)[C@H](O)C3NC(C)=O)C2O)[C@H](O)C1O)NC(=O)CCCCCCCCCCCCCCCCCCCCC. The van der Waals surface area contributed by atoms with Gasteiger partial charge in [-0.2, -0.15) is 0 Å². The largest absolute Gasteiger partial charge is 0.394 e. The smallest absolute Gasteiger partial charge is 0.220 e. The number of aliphatic hydroxyl groups excluding tert-OH is 16. The molecule has 0 aromatic heterocycles. The lowest BCUT2D eigenvalue weighted by Gasteiger charge is -2.50. The van der Waals surface area contributed by atoms with Crippen molar-refractivity contribution in [1.82, 2.24) is 10.6 Å². The fourth-order valence-corrected chi connectivity index (χ4v) is 13.9. The van der Waals surface area contributed by atoms with E-state index < -0.39 is 211 Å². The van der Waals surface area contributed by atoms with Crippen LogP contribution in [0.3, 0.4) is 0 Å². The van der Waals surface area contributed by atoms with Crippen LogP contribution in [0.15, 0.2) is 12.2 Å². The number of carbonyl (C=O) groups excluding carboxylic acids is 2. The van der Waals surface area contributed by atoms with Crippen molar-refractivity contribution in [2.24, 2.45) is 0 Å². The average Bonchev–Trinajstić information content (AvgIpc) is 0.779. The number of nitrogens with one attached hydrogen (secondary N) is 2. The van der Waals surface area contributed by atoms with Crippen LogP contribution in [0, 0.1) is 0 Å². The molecule has 10 unspecified atom stereocenters. The van der Waals surface area contributed by atoms with Gasteiger partial charge in [-0.1, -0.05) is 206 Å². The predicted molar refractivity (Wildman–Crippen MR) is 368 cm³/mol. The summed E-state index contributed by atoms with van der Waals surface area (Å²) < 4.78 is 58.3. The van der Waals surface area contributed by atoms with Crippen molar-refractivity contribution in [3.8, 4) is 0 Å². The molecule has 30 nitrogen and oxygen atoms in total. The van der Waals surface area contributed by atoms with Crippen molar-refractivity contribution in [2.75, 3.05) is 39.6 Å². The van der Waals surface area contributed by atoms with E-state index in [1.165, 1.54) is 141 Å². The maximum atomic E-state index is 13.5. The van der Waals surface area contributed by atoms with Gasteiger partial charge in [0.15, 0.2) is 31.5 Å². The molecule has 27 atom stereocenters. The third-order valence-corrected chi connectivity index (χ3v) is 20.2. The van der Waals surface area contributed by atoms with Gasteiger partial charge in [-0.05, 0) is 19.3 Å². The van der Waals surface area contributed by atoms with Gasteiger partial charge in [0.05, 0.1) is 51.8 Å². The molecule has 5 fully saturated rings. The van der Waals surface area contributed by atoms with Crippen LogP contribution in [0.5, 0.6) is 0 Å². The number of ether oxygens (including phenoxy) is 10. The van der Waals surface area contributed by atoms with E-state index in [-0.39, 0.29) is 12.3 Å². The fraction of sp³-hybridized carbons (Fsp3) is 0.944. The Labute approximate surface area is 602 Å². The van der Waals surface area contributed by atoms with Crippen LogP contribution in [-0.4, -0.2) is 299 Å². The Balaban J connectivity index is 1.17. The second-order valence-electron chi connectivity index (χ2n) is 28.5. The number of carbonyl (C=O) groups is 2. The third-order valence-electron chi connectivity index (χ3n) is 20.2. The van der Waals surface area contributed by atoms with Gasteiger partial charge < -0.3 is 140 Å². The van der Waals surface area contributed by atoms with E-state index >= 15 is 0 Å². The van der Waals surface area contributed by atoms with Gasteiger partial charge in [0, 0.05) is 13.3 Å². The molecule has 0 aliphatic carbocycles. The first kappa shape index (κ1) is 90.3. The molecular weight excluding hydrogens is 1340 g/mol. The van der Waals surface area contributed by atoms with Crippen LogP contribution in [0.25, 0.3) is 0 Å². The van der Waals surface area contributed by atoms with E-state index in [4.69, 9.17) is 47.4 Å². The van der Waals surface area contributed by atoms with Gasteiger partial charge in [0.2, 0.25) is 11.8 Å². The summed E-state index contributed by atoms with van der Waals surface area (Å²) in [6, 6.07) is -2.80. The van der Waals surface area contributed by atoms with E-state index in [0.717, 1.165) is 51.9 Å². The number of hydrogen-bond acceptors (Lipinski definition) is 28. The summed E-state index contributed by atoms with van der Waals surface area (Å²) in [5.74, 6) is -1.14. The van der Waals surface area contributed by atoms with Gasteiger partial charge in [-0.15, -0.1) is 0 Å². The molecule has 5 aliphatic heterocycles. The number of aliphatic hydroxyl groups is 16. The van der Waals surface area contributed by atoms with Crippen LogP contribution in [-0.2, 0) is 57.0 Å². The van der Waals surface area contributed by atoms with Gasteiger partial charge >= 0.3 is 0 Å². The summed E-state index contributed by atoms with van der Waals surface area (Å²) in [6.07, 6.45) is -5.41. The monoisotopic (exact) mass is 1470 g/mol. The average molecular weight is 1470 g/mol. The molecule has 598 valence electrons. The van der Waals surface area contributed by atoms with Crippen molar-refractivity contribution in [2.45, 2.75) is 392 Å². The predicted octanol–water partition coefficient (Wildman–Crippen LogP) is 1.17. The highest BCUT2D eigenvalue weighted by Crippen LogP contribution is 2.37. The minimum absolute atomic E-state index is 0.195.